The number of piperidine rings is 1. The highest BCUT2D eigenvalue weighted by atomic mass is 16.2. The molecule has 7 nitrogen and oxygen atoms in total. The number of nitrogens with zero attached hydrogens (tertiary/aromatic N) is 1. The third-order valence-electron chi connectivity index (χ3n) is 4.82. The Balaban J connectivity index is 1.58. The summed E-state index contributed by atoms with van der Waals surface area (Å²) in [6.45, 7) is 6.15. The van der Waals surface area contributed by atoms with Gasteiger partial charge in [0.25, 0.3) is 5.91 Å². The number of fused-ring (bicyclic) bond motifs is 1. The van der Waals surface area contributed by atoms with E-state index in [1.807, 2.05) is 18.2 Å². The zero-order chi connectivity index (χ0) is 18.5. The van der Waals surface area contributed by atoms with E-state index >= 15 is 0 Å². The summed E-state index contributed by atoms with van der Waals surface area (Å²) in [6, 6.07) is 5.28. The number of amides is 3. The van der Waals surface area contributed by atoms with Crippen LogP contribution in [0.1, 0.15) is 47.7 Å². The molecular weight excluding hydrogens is 332 g/mol. The quantitative estimate of drug-likeness (QED) is 0.466. The first-order chi connectivity index (χ1) is 12.6. The van der Waals surface area contributed by atoms with E-state index in [9.17, 15) is 14.4 Å². The highest BCUT2D eigenvalue weighted by Gasteiger charge is 2.38. The number of imide groups is 1. The van der Waals surface area contributed by atoms with Crippen molar-refractivity contribution in [3.05, 3.63) is 34.9 Å². The summed E-state index contributed by atoms with van der Waals surface area (Å²) < 4.78 is 0. The van der Waals surface area contributed by atoms with Crippen molar-refractivity contribution in [1.29, 1.82) is 0 Å². The average Bonchev–Trinajstić information content (AvgIpc) is 2.94. The van der Waals surface area contributed by atoms with Crippen LogP contribution in [0.25, 0.3) is 0 Å². The number of carbonyl (C=O) groups excluding carboxylic acids is 3. The monoisotopic (exact) mass is 358 g/mol. The van der Waals surface area contributed by atoms with Crippen LogP contribution in [0, 0.1) is 0 Å². The lowest BCUT2D eigenvalue weighted by molar-refractivity contribution is -0.136. The van der Waals surface area contributed by atoms with E-state index in [-0.39, 0.29) is 24.1 Å². The first-order valence-electron chi connectivity index (χ1n) is 9.28. The maximum Gasteiger partial charge on any atom is 0.255 e. The molecule has 0 bridgehead atoms. The van der Waals surface area contributed by atoms with Gasteiger partial charge in [-0.2, -0.15) is 0 Å². The Kier molecular flexibility index (Phi) is 6.00. The van der Waals surface area contributed by atoms with Crippen LogP contribution < -0.4 is 16.0 Å². The van der Waals surface area contributed by atoms with Gasteiger partial charge in [0.05, 0.1) is 0 Å². The molecule has 1 aromatic carbocycles. The Bertz CT molecular complexity index is 704. The summed E-state index contributed by atoms with van der Waals surface area (Å²) >= 11 is 0. The average molecular weight is 358 g/mol. The normalized spacial score (nSPS) is 19.7. The van der Waals surface area contributed by atoms with E-state index in [0.717, 1.165) is 43.7 Å². The highest BCUT2D eigenvalue weighted by molar-refractivity contribution is 6.05. The molecule has 0 saturated carbocycles. The van der Waals surface area contributed by atoms with Gasteiger partial charge >= 0.3 is 0 Å². The summed E-state index contributed by atoms with van der Waals surface area (Å²) in [7, 11) is 0. The molecule has 7 heteroatoms. The molecule has 0 aliphatic carbocycles. The van der Waals surface area contributed by atoms with Gasteiger partial charge in [0.2, 0.25) is 11.8 Å². The lowest BCUT2D eigenvalue weighted by Crippen LogP contribution is -2.52. The van der Waals surface area contributed by atoms with Crippen molar-refractivity contribution >= 4 is 17.7 Å². The van der Waals surface area contributed by atoms with E-state index in [0.29, 0.717) is 18.5 Å². The van der Waals surface area contributed by atoms with E-state index in [4.69, 9.17) is 0 Å². The highest BCUT2D eigenvalue weighted by Crippen LogP contribution is 2.28. The Morgan fingerprint density at radius 3 is 2.73 bits per heavy atom. The van der Waals surface area contributed by atoms with Crippen molar-refractivity contribution in [2.24, 2.45) is 0 Å². The van der Waals surface area contributed by atoms with E-state index < -0.39 is 6.04 Å². The molecule has 2 aliphatic rings. The van der Waals surface area contributed by atoms with Crippen molar-refractivity contribution in [2.75, 3.05) is 19.6 Å². The van der Waals surface area contributed by atoms with Gasteiger partial charge in [0.1, 0.15) is 6.04 Å². The SMILES string of the molecule is CCCNCCNCc1ccc2c(c1)CN(C1CCC(=O)NC1=O)C2=O. The zero-order valence-corrected chi connectivity index (χ0v) is 15.1. The second-order valence-electron chi connectivity index (χ2n) is 6.82. The minimum Gasteiger partial charge on any atom is -0.322 e. The van der Waals surface area contributed by atoms with Gasteiger partial charge in [-0.15, -0.1) is 0 Å². The van der Waals surface area contributed by atoms with Gasteiger partial charge < -0.3 is 15.5 Å². The number of benzene rings is 1. The molecule has 2 heterocycles. The predicted molar refractivity (Wildman–Crippen MR) is 97.4 cm³/mol. The van der Waals surface area contributed by atoms with Crippen LogP contribution in [0.15, 0.2) is 18.2 Å². The first-order valence-corrected chi connectivity index (χ1v) is 9.28. The number of hydrogen-bond acceptors (Lipinski definition) is 5. The fraction of sp³-hybridized carbons (Fsp3) is 0.526. The molecular formula is C19H26N4O3. The predicted octanol–water partition coefficient (Wildman–Crippen LogP) is 0.537. The second kappa shape index (κ2) is 8.42. The van der Waals surface area contributed by atoms with E-state index in [2.05, 4.69) is 22.9 Å². The van der Waals surface area contributed by atoms with Crippen molar-refractivity contribution in [2.45, 2.75) is 45.3 Å². The molecule has 3 rings (SSSR count). The number of carbonyl (C=O) groups is 3. The van der Waals surface area contributed by atoms with Crippen LogP contribution >= 0.6 is 0 Å². The molecule has 3 amide bonds. The van der Waals surface area contributed by atoms with Crippen LogP contribution in [0.4, 0.5) is 0 Å². The summed E-state index contributed by atoms with van der Waals surface area (Å²) in [5, 5.41) is 9.06. The van der Waals surface area contributed by atoms with Crippen LogP contribution in [0.3, 0.4) is 0 Å². The molecule has 3 N–H and O–H groups in total. The van der Waals surface area contributed by atoms with Crippen LogP contribution in [0.5, 0.6) is 0 Å². The largest absolute Gasteiger partial charge is 0.322 e. The molecule has 1 fully saturated rings. The van der Waals surface area contributed by atoms with Crippen molar-refractivity contribution < 1.29 is 14.4 Å². The number of rotatable bonds is 8. The Morgan fingerprint density at radius 1 is 1.15 bits per heavy atom. The van der Waals surface area contributed by atoms with Gasteiger partial charge in [0.15, 0.2) is 0 Å². The molecule has 1 saturated heterocycles. The molecule has 0 radical (unpaired) electrons. The standard InChI is InChI=1S/C19H26N4O3/c1-2-7-20-8-9-21-11-13-3-4-15-14(10-13)12-23(19(15)26)16-5-6-17(24)22-18(16)25/h3-4,10,16,20-21H,2,5-9,11-12H2,1H3,(H,22,24,25). The van der Waals surface area contributed by atoms with E-state index in [1.165, 1.54) is 0 Å². The Hall–Kier alpha value is -2.25. The van der Waals surface area contributed by atoms with Gasteiger partial charge in [-0.1, -0.05) is 19.1 Å². The minimum absolute atomic E-state index is 0.127. The smallest absolute Gasteiger partial charge is 0.255 e. The van der Waals surface area contributed by atoms with Crippen LogP contribution in [-0.2, 0) is 22.7 Å². The maximum absolute atomic E-state index is 12.6. The zero-order valence-electron chi connectivity index (χ0n) is 15.1. The summed E-state index contributed by atoms with van der Waals surface area (Å²) in [5.74, 6) is -0.765. The maximum atomic E-state index is 12.6. The van der Waals surface area contributed by atoms with Crippen LogP contribution in [0.2, 0.25) is 0 Å². The molecule has 140 valence electrons. The fourth-order valence-corrected chi connectivity index (χ4v) is 3.45. The lowest BCUT2D eigenvalue weighted by Gasteiger charge is -2.29. The van der Waals surface area contributed by atoms with Gasteiger partial charge in [0, 0.05) is 38.2 Å². The lowest BCUT2D eigenvalue weighted by atomic mass is 10.0. The third kappa shape index (κ3) is 4.11. The van der Waals surface area contributed by atoms with Gasteiger partial charge in [-0.3, -0.25) is 19.7 Å². The summed E-state index contributed by atoms with van der Waals surface area (Å²) in [5.41, 5.74) is 2.73. The molecule has 0 spiro atoms. The molecule has 0 aromatic heterocycles. The Morgan fingerprint density at radius 2 is 1.96 bits per heavy atom. The molecule has 1 atom stereocenters. The molecule has 1 aromatic rings. The minimum atomic E-state index is -0.557. The van der Waals surface area contributed by atoms with Crippen LogP contribution in [-0.4, -0.2) is 48.3 Å². The number of nitrogens with one attached hydrogen (secondary N) is 3. The van der Waals surface area contributed by atoms with Gasteiger partial charge in [-0.25, -0.2) is 0 Å². The molecule has 1 unspecified atom stereocenters. The Labute approximate surface area is 153 Å². The number of hydrogen-bond donors (Lipinski definition) is 3. The van der Waals surface area contributed by atoms with Crippen molar-refractivity contribution in [3.63, 3.8) is 0 Å². The van der Waals surface area contributed by atoms with Crippen molar-refractivity contribution in [3.8, 4) is 0 Å². The second-order valence-corrected chi connectivity index (χ2v) is 6.82. The van der Waals surface area contributed by atoms with Crippen molar-refractivity contribution in [1.82, 2.24) is 20.9 Å². The van der Waals surface area contributed by atoms with Gasteiger partial charge in [-0.05, 0) is 36.6 Å². The topological polar surface area (TPSA) is 90.5 Å². The van der Waals surface area contributed by atoms with E-state index in [1.54, 1.807) is 4.90 Å². The third-order valence-corrected chi connectivity index (χ3v) is 4.82. The summed E-state index contributed by atoms with van der Waals surface area (Å²) in [6.07, 6.45) is 1.80. The fourth-order valence-electron chi connectivity index (χ4n) is 3.45. The summed E-state index contributed by atoms with van der Waals surface area (Å²) in [4.78, 5) is 37.6. The molecule has 26 heavy (non-hydrogen) atoms. The first kappa shape index (κ1) is 18.5. The molecule has 2 aliphatic heterocycles.